The largest absolute Gasteiger partial charge is 0.586 e. The van der Waals surface area contributed by atoms with E-state index < -0.39 is 69.7 Å². The lowest BCUT2D eigenvalue weighted by molar-refractivity contribution is -0.286. The van der Waals surface area contributed by atoms with Crippen molar-refractivity contribution in [2.45, 2.75) is 31.4 Å². The Morgan fingerprint density at radius 2 is 1.68 bits per heavy atom. The number of ether oxygens (including phenoxy) is 3. The van der Waals surface area contributed by atoms with Crippen LogP contribution < -0.4 is 24.8 Å². The van der Waals surface area contributed by atoms with E-state index >= 15 is 0 Å². The fraction of sp³-hybridized carbons (Fsp3) is 0.250. The lowest BCUT2D eigenvalue weighted by Crippen LogP contribution is -2.29. The van der Waals surface area contributed by atoms with Crippen molar-refractivity contribution in [3.05, 3.63) is 76.6 Å². The Kier molecular flexibility index (Phi) is 7.57. The molecule has 0 saturated carbocycles. The monoisotopic (exact) mass is 625 g/mol. The molecular formula is C28H21F6N3O7. The number of halogens is 6. The number of fused-ring (bicyclic) bond motifs is 1. The summed E-state index contributed by atoms with van der Waals surface area (Å²) in [7, 11) is 1.28. The van der Waals surface area contributed by atoms with Crippen LogP contribution in [0.1, 0.15) is 45.2 Å². The van der Waals surface area contributed by atoms with Gasteiger partial charge < -0.3 is 34.8 Å². The molecule has 2 amide bonds. The van der Waals surface area contributed by atoms with Crippen LogP contribution in [-0.4, -0.2) is 48.2 Å². The van der Waals surface area contributed by atoms with Crippen molar-refractivity contribution < 1.29 is 60.1 Å². The molecule has 2 aliphatic heterocycles. The second kappa shape index (κ2) is 10.9. The number of oxime groups is 1. The molecule has 0 spiro atoms. The molecule has 2 aliphatic rings. The molecule has 0 aromatic heterocycles. The molecule has 5 rings (SSSR count). The SMILES string of the molecule is COc1ccc(C2=NOC(C)(CO)C2)cc1C(=O)Nc1cc2c(cc1C(=O)Nc1ccc(F)c(C(F)(F)F)c1)OC(F)(F)O2. The molecule has 3 aromatic rings. The average molecular weight is 625 g/mol. The minimum absolute atomic E-state index is 0.0694. The van der Waals surface area contributed by atoms with E-state index in [0.29, 0.717) is 23.4 Å². The summed E-state index contributed by atoms with van der Waals surface area (Å²) in [6, 6.07) is 7.77. The highest BCUT2D eigenvalue weighted by Gasteiger charge is 2.44. The van der Waals surface area contributed by atoms with Gasteiger partial charge in [0.15, 0.2) is 17.1 Å². The van der Waals surface area contributed by atoms with Crippen LogP contribution >= 0.6 is 0 Å². The van der Waals surface area contributed by atoms with Crippen molar-refractivity contribution in [2.75, 3.05) is 24.4 Å². The summed E-state index contributed by atoms with van der Waals surface area (Å²) < 4.78 is 95.0. The lowest BCUT2D eigenvalue weighted by atomic mass is 9.95. The van der Waals surface area contributed by atoms with Gasteiger partial charge in [0.1, 0.15) is 11.6 Å². The van der Waals surface area contributed by atoms with Crippen LogP contribution in [-0.2, 0) is 11.0 Å². The normalized spacial score (nSPS) is 18.3. The molecule has 16 heteroatoms. The Morgan fingerprint density at radius 1 is 1.00 bits per heavy atom. The molecule has 0 aliphatic carbocycles. The first-order valence-corrected chi connectivity index (χ1v) is 12.6. The number of benzene rings is 3. The van der Waals surface area contributed by atoms with Gasteiger partial charge in [0.25, 0.3) is 11.8 Å². The minimum atomic E-state index is -5.07. The maximum absolute atomic E-state index is 13.8. The zero-order valence-corrected chi connectivity index (χ0v) is 22.6. The molecule has 0 radical (unpaired) electrons. The summed E-state index contributed by atoms with van der Waals surface area (Å²) in [4.78, 5) is 32.0. The molecule has 232 valence electrons. The second-order valence-corrected chi connectivity index (χ2v) is 9.94. The maximum atomic E-state index is 13.8. The number of nitrogens with one attached hydrogen (secondary N) is 2. The van der Waals surface area contributed by atoms with Gasteiger partial charge in [-0.05, 0) is 49.4 Å². The quantitative estimate of drug-likeness (QED) is 0.294. The standard InChI is InChI=1S/C28H21F6N3O7/c1-26(12-38)11-20(37-44-26)13-3-6-21(41-2)16(7-13)25(40)36-19-10-23-22(42-28(33,34)43-23)9-15(19)24(39)35-14-4-5-18(29)17(8-14)27(30,31)32/h3-10,38H,11-12H2,1-2H3,(H,35,39)(H,36,40). The van der Waals surface area contributed by atoms with Crippen molar-refractivity contribution in [3.8, 4) is 17.2 Å². The average Bonchev–Trinajstić information content (AvgIpc) is 3.50. The van der Waals surface area contributed by atoms with E-state index in [4.69, 9.17) is 9.57 Å². The molecule has 1 atom stereocenters. The van der Waals surface area contributed by atoms with E-state index in [2.05, 4.69) is 25.3 Å². The third-order valence-electron chi connectivity index (χ3n) is 6.59. The molecule has 1 unspecified atom stereocenters. The first kappa shape index (κ1) is 30.5. The van der Waals surface area contributed by atoms with Crippen molar-refractivity contribution in [1.29, 1.82) is 0 Å². The fourth-order valence-corrected chi connectivity index (χ4v) is 4.38. The highest BCUT2D eigenvalue weighted by Crippen LogP contribution is 2.44. The molecule has 10 nitrogen and oxygen atoms in total. The smallest absolute Gasteiger partial charge is 0.496 e. The molecule has 44 heavy (non-hydrogen) atoms. The van der Waals surface area contributed by atoms with Gasteiger partial charge in [0, 0.05) is 23.7 Å². The van der Waals surface area contributed by atoms with Crippen LogP contribution in [0.3, 0.4) is 0 Å². The van der Waals surface area contributed by atoms with E-state index in [0.717, 1.165) is 18.2 Å². The minimum Gasteiger partial charge on any atom is -0.496 e. The number of methoxy groups -OCH3 is 1. The fourth-order valence-electron chi connectivity index (χ4n) is 4.38. The number of hydrogen-bond donors (Lipinski definition) is 3. The Labute approximate surface area is 244 Å². The zero-order valence-electron chi connectivity index (χ0n) is 22.6. The van der Waals surface area contributed by atoms with E-state index in [1.807, 2.05) is 0 Å². The van der Waals surface area contributed by atoms with Gasteiger partial charge in [-0.2, -0.15) is 13.2 Å². The maximum Gasteiger partial charge on any atom is 0.586 e. The molecular weight excluding hydrogens is 604 g/mol. The van der Waals surface area contributed by atoms with Gasteiger partial charge in [0.05, 0.1) is 41.8 Å². The number of hydrogen-bond acceptors (Lipinski definition) is 8. The van der Waals surface area contributed by atoms with Gasteiger partial charge in [-0.15, -0.1) is 8.78 Å². The van der Waals surface area contributed by atoms with Crippen molar-refractivity contribution >= 4 is 28.9 Å². The van der Waals surface area contributed by atoms with Crippen LogP contribution in [0.5, 0.6) is 17.2 Å². The molecule has 3 aromatic carbocycles. The Balaban J connectivity index is 1.49. The number of aliphatic hydroxyl groups excluding tert-OH is 1. The number of rotatable bonds is 7. The van der Waals surface area contributed by atoms with Crippen LogP contribution in [0, 0.1) is 5.82 Å². The van der Waals surface area contributed by atoms with Crippen LogP contribution in [0.2, 0.25) is 0 Å². The second-order valence-electron chi connectivity index (χ2n) is 9.94. The number of anilines is 2. The first-order valence-electron chi connectivity index (χ1n) is 12.6. The van der Waals surface area contributed by atoms with Gasteiger partial charge in [-0.25, -0.2) is 4.39 Å². The summed E-state index contributed by atoms with van der Waals surface area (Å²) in [6.45, 7) is 1.30. The predicted molar refractivity (Wildman–Crippen MR) is 141 cm³/mol. The third-order valence-corrected chi connectivity index (χ3v) is 6.59. The van der Waals surface area contributed by atoms with Gasteiger partial charge >= 0.3 is 12.5 Å². The first-order chi connectivity index (χ1) is 20.6. The number of carbonyl (C=O) groups excluding carboxylic acids is 2. The number of amides is 2. The number of aliphatic hydroxyl groups is 1. The van der Waals surface area contributed by atoms with E-state index in [-0.39, 0.29) is 24.3 Å². The summed E-state index contributed by atoms with van der Waals surface area (Å²) in [5, 5.41) is 18.1. The molecule has 2 heterocycles. The Bertz CT molecular complexity index is 1690. The highest BCUT2D eigenvalue weighted by atomic mass is 19.4. The van der Waals surface area contributed by atoms with Gasteiger partial charge in [-0.1, -0.05) is 5.16 Å². The summed E-state index contributed by atoms with van der Waals surface area (Å²) >= 11 is 0. The van der Waals surface area contributed by atoms with Crippen LogP contribution in [0.15, 0.2) is 53.7 Å². The molecule has 3 N–H and O–H groups in total. The highest BCUT2D eigenvalue weighted by molar-refractivity contribution is 6.14. The van der Waals surface area contributed by atoms with E-state index in [9.17, 15) is 41.0 Å². The Hall–Kier alpha value is -4.99. The number of alkyl halides is 5. The predicted octanol–water partition coefficient (Wildman–Crippen LogP) is 5.55. The molecule has 0 saturated heterocycles. The van der Waals surface area contributed by atoms with Crippen LogP contribution in [0.25, 0.3) is 0 Å². The van der Waals surface area contributed by atoms with Crippen molar-refractivity contribution in [1.82, 2.24) is 0 Å². The number of carbonyl (C=O) groups is 2. The molecule has 0 bridgehead atoms. The Morgan fingerprint density at radius 3 is 2.32 bits per heavy atom. The summed E-state index contributed by atoms with van der Waals surface area (Å²) in [6.07, 6.45) is -8.98. The van der Waals surface area contributed by atoms with Crippen molar-refractivity contribution in [2.24, 2.45) is 5.16 Å². The lowest BCUT2D eigenvalue weighted by Gasteiger charge is -2.17. The zero-order chi connectivity index (χ0) is 32.0. The van der Waals surface area contributed by atoms with Gasteiger partial charge in [-0.3, -0.25) is 9.59 Å². The number of nitrogens with zero attached hydrogens (tertiary/aromatic N) is 1. The van der Waals surface area contributed by atoms with Crippen LogP contribution in [0.4, 0.5) is 37.7 Å². The third kappa shape index (κ3) is 6.06. The van der Waals surface area contributed by atoms with Crippen molar-refractivity contribution in [3.63, 3.8) is 0 Å². The summed E-state index contributed by atoms with van der Waals surface area (Å²) in [5.74, 6) is -4.72. The molecule has 0 fully saturated rings. The topological polar surface area (TPSA) is 128 Å². The van der Waals surface area contributed by atoms with E-state index in [1.165, 1.54) is 19.2 Å². The van der Waals surface area contributed by atoms with Gasteiger partial charge in [0.2, 0.25) is 0 Å². The summed E-state index contributed by atoms with van der Waals surface area (Å²) in [5.41, 5.74) is -3.28. The van der Waals surface area contributed by atoms with E-state index in [1.54, 1.807) is 13.0 Å².